The molecule has 0 aliphatic carbocycles. The number of hydrogen-bond donors (Lipinski definition) is 1. The van der Waals surface area contributed by atoms with Crippen molar-refractivity contribution < 1.29 is 13.2 Å². The Morgan fingerprint density at radius 2 is 1.52 bits per heavy atom. The summed E-state index contributed by atoms with van der Waals surface area (Å²) in [7, 11) is -1.38. The van der Waals surface area contributed by atoms with Gasteiger partial charge in [0.15, 0.2) is 0 Å². The molecule has 5 rings (SSSR count). The first-order valence-electron chi connectivity index (χ1n) is 10.4. The average molecular weight is 456 g/mol. The van der Waals surface area contributed by atoms with Crippen molar-refractivity contribution >= 4 is 33.0 Å². The number of hydrogen-bond acceptors (Lipinski definition) is 4. The lowest BCUT2D eigenvalue weighted by atomic mass is 10.1. The fraction of sp³-hybridized carbons (Fsp3) is 0.0385. The lowest BCUT2D eigenvalue weighted by molar-refractivity contribution is 0.415. The number of fused-ring (bicyclic) bond motifs is 1. The average Bonchev–Trinajstić information content (AvgIpc) is 3.35. The van der Waals surface area contributed by atoms with Gasteiger partial charge in [-0.1, -0.05) is 54.6 Å². The molecule has 0 aliphatic rings. The molecular formula is C26H21N3O3S. The maximum absolute atomic E-state index is 12.3. The summed E-state index contributed by atoms with van der Waals surface area (Å²) in [6, 6.07) is 26.7. The monoisotopic (exact) mass is 455 g/mol. The zero-order valence-corrected chi connectivity index (χ0v) is 18.7. The van der Waals surface area contributed by atoms with E-state index in [0.29, 0.717) is 17.1 Å². The van der Waals surface area contributed by atoms with Gasteiger partial charge in [0.2, 0.25) is 10.9 Å². The molecule has 6 nitrogen and oxygen atoms in total. The molecule has 33 heavy (non-hydrogen) atoms. The van der Waals surface area contributed by atoms with Gasteiger partial charge in [0, 0.05) is 23.2 Å². The number of anilines is 2. The molecule has 2 heterocycles. The lowest BCUT2D eigenvalue weighted by Crippen LogP contribution is -2.15. The van der Waals surface area contributed by atoms with E-state index in [2.05, 4.69) is 17.1 Å². The summed E-state index contributed by atoms with van der Waals surface area (Å²) < 4.78 is 33.1. The highest BCUT2D eigenvalue weighted by molar-refractivity contribution is 7.74. The van der Waals surface area contributed by atoms with Gasteiger partial charge < -0.3 is 9.30 Å². The summed E-state index contributed by atoms with van der Waals surface area (Å²) in [5.41, 5.74) is 3.20. The standard InChI is InChI=1S/C26H21N3O3S/c1-32-22-13-11-21(12-14-22)29(33(30)31)25-17-27-26(24-10-6-5-9-23(24)25)28-16-15-20(18-28)19-7-3-2-4-8-19/h2-18,33H,1H3. The fourth-order valence-corrected chi connectivity index (χ4v) is 4.57. The number of rotatable bonds is 6. The van der Waals surface area contributed by atoms with Crippen LogP contribution < -0.4 is 9.04 Å². The van der Waals surface area contributed by atoms with Gasteiger partial charge in [-0.25, -0.2) is 17.7 Å². The van der Waals surface area contributed by atoms with Crippen LogP contribution in [0.5, 0.6) is 5.75 Å². The third-order valence-electron chi connectivity index (χ3n) is 5.51. The molecule has 164 valence electrons. The van der Waals surface area contributed by atoms with Gasteiger partial charge in [-0.05, 0) is 41.5 Å². The topological polar surface area (TPSA) is 64.4 Å². The van der Waals surface area contributed by atoms with E-state index >= 15 is 0 Å². The minimum atomic E-state index is -2.95. The highest BCUT2D eigenvalue weighted by atomic mass is 32.2. The van der Waals surface area contributed by atoms with E-state index in [1.807, 2.05) is 65.5 Å². The van der Waals surface area contributed by atoms with Crippen molar-refractivity contribution in [2.24, 2.45) is 0 Å². The second kappa shape index (κ2) is 8.80. The first kappa shape index (κ1) is 20.8. The van der Waals surface area contributed by atoms with Crippen LogP contribution in [0.3, 0.4) is 0 Å². The highest BCUT2D eigenvalue weighted by Crippen LogP contribution is 2.35. The third kappa shape index (κ3) is 3.94. The number of pyridine rings is 1. The quantitative estimate of drug-likeness (QED) is 0.350. The summed E-state index contributed by atoms with van der Waals surface area (Å²) >= 11 is 0. The van der Waals surface area contributed by atoms with E-state index in [4.69, 9.17) is 4.74 Å². The van der Waals surface area contributed by atoms with Crippen LogP contribution in [0.1, 0.15) is 0 Å². The molecule has 0 saturated carbocycles. The van der Waals surface area contributed by atoms with Gasteiger partial charge >= 0.3 is 0 Å². The Kier molecular flexibility index (Phi) is 5.54. The van der Waals surface area contributed by atoms with Gasteiger partial charge in [0.1, 0.15) is 11.6 Å². The van der Waals surface area contributed by atoms with E-state index in [1.165, 1.54) is 4.31 Å². The van der Waals surface area contributed by atoms with E-state index in [-0.39, 0.29) is 0 Å². The van der Waals surface area contributed by atoms with Crippen LogP contribution in [-0.4, -0.2) is 25.1 Å². The zero-order chi connectivity index (χ0) is 22.8. The van der Waals surface area contributed by atoms with Gasteiger partial charge in [-0.15, -0.1) is 0 Å². The summed E-state index contributed by atoms with van der Waals surface area (Å²) in [4.78, 5) is 4.68. The number of nitrogens with zero attached hydrogens (tertiary/aromatic N) is 3. The smallest absolute Gasteiger partial charge is 0.229 e. The minimum absolute atomic E-state index is 0.492. The molecule has 0 N–H and O–H groups in total. The Morgan fingerprint density at radius 1 is 0.818 bits per heavy atom. The van der Waals surface area contributed by atoms with Crippen LogP contribution in [0.15, 0.2) is 104 Å². The van der Waals surface area contributed by atoms with Crippen molar-refractivity contribution in [3.8, 4) is 22.7 Å². The number of aromatic nitrogens is 2. The molecule has 2 aromatic heterocycles. The van der Waals surface area contributed by atoms with E-state index in [0.717, 1.165) is 27.7 Å². The SMILES string of the molecule is COc1ccc(N(c2cnc(-n3ccc(-c4ccccc4)c3)c3ccccc23)[SH](=O)=O)cc1. The van der Waals surface area contributed by atoms with Crippen molar-refractivity contribution in [2.45, 2.75) is 0 Å². The van der Waals surface area contributed by atoms with Gasteiger partial charge in [-0.3, -0.25) is 0 Å². The van der Waals surface area contributed by atoms with Crippen LogP contribution in [0.4, 0.5) is 11.4 Å². The molecular weight excluding hydrogens is 434 g/mol. The summed E-state index contributed by atoms with van der Waals surface area (Å²) in [6.07, 6.45) is 5.60. The minimum Gasteiger partial charge on any atom is -0.497 e. The second-order valence-electron chi connectivity index (χ2n) is 7.43. The first-order valence-corrected chi connectivity index (χ1v) is 11.5. The molecule has 3 aromatic carbocycles. The Morgan fingerprint density at radius 3 is 2.21 bits per heavy atom. The lowest BCUT2D eigenvalue weighted by Gasteiger charge is -2.20. The molecule has 0 amide bonds. The van der Waals surface area contributed by atoms with Gasteiger partial charge in [0.05, 0.1) is 24.7 Å². The van der Waals surface area contributed by atoms with Crippen LogP contribution in [0.25, 0.3) is 27.7 Å². The zero-order valence-electron chi connectivity index (χ0n) is 17.8. The highest BCUT2D eigenvalue weighted by Gasteiger charge is 2.18. The Bertz CT molecular complexity index is 1480. The Labute approximate surface area is 193 Å². The molecule has 0 aliphatic heterocycles. The summed E-state index contributed by atoms with van der Waals surface area (Å²) in [5.74, 6) is 1.38. The molecule has 0 bridgehead atoms. The molecule has 7 heteroatoms. The predicted octanol–water partition coefficient (Wildman–Crippen LogP) is 5.37. The summed E-state index contributed by atoms with van der Waals surface area (Å²) in [5, 5.41) is 1.63. The summed E-state index contributed by atoms with van der Waals surface area (Å²) in [6.45, 7) is 0. The second-order valence-corrected chi connectivity index (χ2v) is 8.31. The third-order valence-corrected chi connectivity index (χ3v) is 6.28. The molecule has 0 atom stereocenters. The van der Waals surface area contributed by atoms with Crippen LogP contribution in [0.2, 0.25) is 0 Å². The van der Waals surface area contributed by atoms with Crippen LogP contribution in [-0.2, 0) is 10.9 Å². The first-order chi connectivity index (χ1) is 16.2. The van der Waals surface area contributed by atoms with Gasteiger partial charge in [-0.2, -0.15) is 0 Å². The Balaban J connectivity index is 1.63. The van der Waals surface area contributed by atoms with Crippen molar-refractivity contribution in [1.82, 2.24) is 9.55 Å². The van der Waals surface area contributed by atoms with Crippen LogP contribution in [0, 0.1) is 0 Å². The van der Waals surface area contributed by atoms with E-state index in [1.54, 1.807) is 37.6 Å². The molecule has 0 saturated heterocycles. The Hall–Kier alpha value is -4.10. The van der Waals surface area contributed by atoms with Gasteiger partial charge in [0.25, 0.3) is 0 Å². The molecule has 0 radical (unpaired) electrons. The molecule has 0 fully saturated rings. The van der Waals surface area contributed by atoms with E-state index < -0.39 is 10.9 Å². The number of thiol groups is 1. The molecule has 0 spiro atoms. The maximum atomic E-state index is 12.3. The number of ether oxygens (including phenoxy) is 1. The predicted molar refractivity (Wildman–Crippen MR) is 132 cm³/mol. The van der Waals surface area contributed by atoms with Crippen LogP contribution >= 0.6 is 0 Å². The number of methoxy groups -OCH3 is 1. The normalized spacial score (nSPS) is 11.1. The largest absolute Gasteiger partial charge is 0.497 e. The van der Waals surface area contributed by atoms with E-state index in [9.17, 15) is 8.42 Å². The van der Waals surface area contributed by atoms with Crippen molar-refractivity contribution in [1.29, 1.82) is 0 Å². The molecule has 5 aromatic rings. The van der Waals surface area contributed by atoms with Crippen molar-refractivity contribution in [3.63, 3.8) is 0 Å². The maximum Gasteiger partial charge on any atom is 0.229 e. The fourth-order valence-electron chi connectivity index (χ4n) is 3.91. The molecule has 0 unspecified atom stereocenters. The number of benzene rings is 3. The van der Waals surface area contributed by atoms with Crippen molar-refractivity contribution in [3.05, 3.63) is 104 Å². The van der Waals surface area contributed by atoms with Crippen molar-refractivity contribution in [2.75, 3.05) is 11.4 Å².